The van der Waals surface area contributed by atoms with Crippen molar-refractivity contribution in [2.24, 2.45) is 0 Å². The third kappa shape index (κ3) is 4.34. The molecule has 2 unspecified atom stereocenters. The number of benzene rings is 3. The fourth-order valence-corrected chi connectivity index (χ4v) is 5.18. The first-order valence-corrected chi connectivity index (χ1v) is 11.8. The van der Waals surface area contributed by atoms with E-state index in [1.807, 2.05) is 0 Å². The number of rotatable bonds is 7. The average molecular weight is 510 g/mol. The lowest BCUT2D eigenvalue weighted by atomic mass is 9.85. The van der Waals surface area contributed by atoms with Crippen LogP contribution in [-0.2, 0) is 15.2 Å². The van der Waals surface area contributed by atoms with E-state index in [0.29, 0.717) is 11.1 Å². The molecule has 0 aliphatic carbocycles. The van der Waals surface area contributed by atoms with Crippen molar-refractivity contribution in [2.45, 2.75) is 23.1 Å². The van der Waals surface area contributed by atoms with Crippen molar-refractivity contribution in [3.05, 3.63) is 99.6 Å². The Hall–Kier alpha value is -4.09. The largest absolute Gasteiger partial charge is 0.500 e. The molecule has 0 spiro atoms. The number of thioether (sulfide) groups is 1. The number of hydrogen-bond donors (Lipinski definition) is 3. The highest BCUT2D eigenvalue weighted by Gasteiger charge is 2.46. The van der Waals surface area contributed by atoms with Gasteiger partial charge in [-0.25, -0.2) is 5.01 Å². The van der Waals surface area contributed by atoms with Crippen molar-refractivity contribution in [1.82, 2.24) is 10.4 Å². The Morgan fingerprint density at radius 2 is 1.67 bits per heavy atom. The molecular formula is C25H23N3O7S. The fraction of sp³-hybridized carbons (Fsp3) is 0.200. The van der Waals surface area contributed by atoms with Gasteiger partial charge in [-0.05, 0) is 29.7 Å². The van der Waals surface area contributed by atoms with Gasteiger partial charge in [0, 0.05) is 6.07 Å². The lowest BCUT2D eigenvalue weighted by molar-refractivity contribution is -0.386. The molecule has 3 aromatic carbocycles. The second-order valence-corrected chi connectivity index (χ2v) is 9.50. The van der Waals surface area contributed by atoms with Gasteiger partial charge in [-0.1, -0.05) is 60.7 Å². The van der Waals surface area contributed by atoms with E-state index in [1.54, 1.807) is 67.6 Å². The number of hydrazine groups is 1. The number of hydrogen-bond acceptors (Lipinski definition) is 8. The number of nitrogens with zero attached hydrogens (tertiary/aromatic N) is 2. The number of phenols is 1. The van der Waals surface area contributed by atoms with Gasteiger partial charge in [0.1, 0.15) is 5.37 Å². The summed E-state index contributed by atoms with van der Waals surface area (Å²) >= 11 is 1.14. The van der Waals surface area contributed by atoms with E-state index >= 15 is 0 Å². The van der Waals surface area contributed by atoms with Crippen molar-refractivity contribution >= 4 is 29.3 Å². The van der Waals surface area contributed by atoms with Crippen molar-refractivity contribution in [3.8, 4) is 11.5 Å². The first-order valence-electron chi connectivity index (χ1n) is 10.9. The van der Waals surface area contributed by atoms with Crippen LogP contribution in [0.5, 0.6) is 11.5 Å². The van der Waals surface area contributed by atoms with Gasteiger partial charge >= 0.3 is 5.69 Å². The third-order valence-electron chi connectivity index (χ3n) is 5.87. The minimum absolute atomic E-state index is 0.150. The molecule has 0 bridgehead atoms. The van der Waals surface area contributed by atoms with E-state index in [0.717, 1.165) is 22.8 Å². The Kier molecular flexibility index (Phi) is 6.86. The molecule has 0 saturated carbocycles. The lowest BCUT2D eigenvalue weighted by Gasteiger charge is -2.32. The second kappa shape index (κ2) is 9.88. The number of carbonyl (C=O) groups excluding carboxylic acids is 2. The minimum Gasteiger partial charge on any atom is -0.500 e. The number of aliphatic hydroxyl groups is 1. The first kappa shape index (κ1) is 25.0. The molecule has 10 nitrogen and oxygen atoms in total. The number of nitro benzene ring substituents is 1. The van der Waals surface area contributed by atoms with Gasteiger partial charge in [-0.3, -0.25) is 25.1 Å². The molecule has 4 rings (SSSR count). The molecule has 1 aliphatic heterocycles. The summed E-state index contributed by atoms with van der Waals surface area (Å²) in [6, 6.07) is 19.1. The predicted octanol–water partition coefficient (Wildman–Crippen LogP) is 3.24. The van der Waals surface area contributed by atoms with Crippen molar-refractivity contribution < 1.29 is 29.5 Å². The first-order chi connectivity index (χ1) is 17.2. The molecule has 1 saturated heterocycles. The SMILES string of the molecule is COc1cc(C2SC(C)C(=O)N2NC(=O)C(O)(c2ccccc2)c2ccccc2)cc([N+](=O)[O-])c1O. The zero-order valence-corrected chi connectivity index (χ0v) is 20.1. The zero-order valence-electron chi connectivity index (χ0n) is 19.3. The van der Waals surface area contributed by atoms with E-state index in [9.17, 15) is 29.9 Å². The molecule has 3 N–H and O–H groups in total. The number of aromatic hydroxyl groups is 1. The maximum atomic E-state index is 13.7. The Morgan fingerprint density at radius 3 is 2.17 bits per heavy atom. The summed E-state index contributed by atoms with van der Waals surface area (Å²) in [5.74, 6) is -2.14. The molecule has 1 fully saturated rings. The third-order valence-corrected chi connectivity index (χ3v) is 7.22. The number of methoxy groups -OCH3 is 1. The number of nitro groups is 1. The summed E-state index contributed by atoms with van der Waals surface area (Å²) in [7, 11) is 1.25. The number of ether oxygens (including phenoxy) is 1. The maximum Gasteiger partial charge on any atom is 0.315 e. The highest BCUT2D eigenvalue weighted by molar-refractivity contribution is 8.01. The van der Waals surface area contributed by atoms with Crippen LogP contribution < -0.4 is 10.2 Å². The monoisotopic (exact) mass is 509 g/mol. The smallest absolute Gasteiger partial charge is 0.315 e. The molecular weight excluding hydrogens is 486 g/mol. The van der Waals surface area contributed by atoms with Crippen LogP contribution in [0.25, 0.3) is 0 Å². The summed E-state index contributed by atoms with van der Waals surface area (Å²) in [5, 5.41) is 32.9. The van der Waals surface area contributed by atoms with Gasteiger partial charge in [-0.2, -0.15) is 0 Å². The molecule has 1 heterocycles. The summed E-state index contributed by atoms with van der Waals surface area (Å²) in [6.45, 7) is 1.64. The average Bonchev–Trinajstić information content (AvgIpc) is 3.17. The molecule has 36 heavy (non-hydrogen) atoms. The van der Waals surface area contributed by atoms with E-state index in [-0.39, 0.29) is 11.3 Å². The van der Waals surface area contributed by atoms with Gasteiger partial charge in [0.2, 0.25) is 5.75 Å². The minimum atomic E-state index is -2.14. The number of carbonyl (C=O) groups is 2. The molecule has 2 amide bonds. The second-order valence-electron chi connectivity index (χ2n) is 8.07. The maximum absolute atomic E-state index is 13.7. The lowest BCUT2D eigenvalue weighted by Crippen LogP contribution is -2.53. The van der Waals surface area contributed by atoms with E-state index < -0.39 is 44.4 Å². The summed E-state index contributed by atoms with van der Waals surface area (Å²) in [5.41, 5.74) is 0.642. The topological polar surface area (TPSA) is 142 Å². The van der Waals surface area contributed by atoms with Crippen LogP contribution in [-0.4, -0.2) is 44.3 Å². The zero-order chi connectivity index (χ0) is 26.0. The van der Waals surface area contributed by atoms with Gasteiger partial charge < -0.3 is 14.9 Å². The van der Waals surface area contributed by atoms with Crippen LogP contribution in [0, 0.1) is 10.1 Å². The van der Waals surface area contributed by atoms with Crippen LogP contribution in [0.1, 0.15) is 29.0 Å². The molecule has 1 aliphatic rings. The predicted molar refractivity (Wildman–Crippen MR) is 132 cm³/mol. The molecule has 0 aromatic heterocycles. The summed E-state index contributed by atoms with van der Waals surface area (Å²) in [6.07, 6.45) is 0. The van der Waals surface area contributed by atoms with Crippen LogP contribution in [0.15, 0.2) is 72.8 Å². The highest BCUT2D eigenvalue weighted by atomic mass is 32.2. The number of nitrogens with one attached hydrogen (secondary N) is 1. The summed E-state index contributed by atoms with van der Waals surface area (Å²) in [4.78, 5) is 37.4. The van der Waals surface area contributed by atoms with Gasteiger partial charge in [-0.15, -0.1) is 11.8 Å². The molecule has 11 heteroatoms. The van der Waals surface area contributed by atoms with Gasteiger partial charge in [0.15, 0.2) is 11.4 Å². The van der Waals surface area contributed by atoms with E-state index in [4.69, 9.17) is 4.74 Å². The standard InChI is InChI=1S/C25H23N3O7S/c1-15-22(30)27(23(36-15)16-13-19(28(33)34)21(29)20(14-16)35-2)26-24(31)25(32,17-9-5-3-6-10-17)18-11-7-4-8-12-18/h3-15,23,29,32H,1-2H3,(H,26,31). The van der Waals surface area contributed by atoms with Crippen molar-refractivity contribution in [1.29, 1.82) is 0 Å². The van der Waals surface area contributed by atoms with Crippen LogP contribution >= 0.6 is 11.8 Å². The normalized spacial score (nSPS) is 17.6. The Labute approximate surface area is 210 Å². The number of phenolic OH excluding ortho intramolecular Hbond substituents is 1. The molecule has 2 atom stereocenters. The Bertz CT molecular complexity index is 1260. The Morgan fingerprint density at radius 1 is 1.11 bits per heavy atom. The van der Waals surface area contributed by atoms with Crippen molar-refractivity contribution in [3.63, 3.8) is 0 Å². The molecule has 3 aromatic rings. The number of amides is 2. The van der Waals surface area contributed by atoms with Gasteiger partial charge in [0.25, 0.3) is 11.8 Å². The highest BCUT2D eigenvalue weighted by Crippen LogP contribution is 2.47. The fourth-order valence-electron chi connectivity index (χ4n) is 3.99. The van der Waals surface area contributed by atoms with E-state index in [1.165, 1.54) is 13.2 Å². The van der Waals surface area contributed by atoms with Gasteiger partial charge in [0.05, 0.1) is 17.3 Å². The summed E-state index contributed by atoms with van der Waals surface area (Å²) < 4.78 is 5.08. The van der Waals surface area contributed by atoms with Crippen LogP contribution in [0.2, 0.25) is 0 Å². The van der Waals surface area contributed by atoms with E-state index in [2.05, 4.69) is 5.43 Å². The quantitative estimate of drug-likeness (QED) is 0.326. The van der Waals surface area contributed by atoms with Crippen molar-refractivity contribution in [2.75, 3.05) is 7.11 Å². The van der Waals surface area contributed by atoms with Crippen LogP contribution in [0.3, 0.4) is 0 Å². The molecule has 186 valence electrons. The Balaban J connectivity index is 1.76. The molecule has 0 radical (unpaired) electrons. The van der Waals surface area contributed by atoms with Crippen LogP contribution in [0.4, 0.5) is 5.69 Å².